The molecule has 5 nitrogen and oxygen atoms in total. The first-order valence-electron chi connectivity index (χ1n) is 11.2. The van der Waals surface area contributed by atoms with E-state index >= 15 is 0 Å². The molecule has 2 saturated heterocycles. The molecule has 2 aliphatic heterocycles. The summed E-state index contributed by atoms with van der Waals surface area (Å²) < 4.78 is 2.40. The molecule has 2 fully saturated rings. The number of pyridine rings is 1. The van der Waals surface area contributed by atoms with Gasteiger partial charge in [-0.2, -0.15) is 0 Å². The van der Waals surface area contributed by atoms with Crippen molar-refractivity contribution in [2.75, 3.05) is 24.5 Å². The molecule has 7 heteroatoms. The molecule has 3 heterocycles. The average Bonchev–Trinajstić information content (AvgIpc) is 3.39. The van der Waals surface area contributed by atoms with Crippen molar-refractivity contribution in [3.8, 4) is 0 Å². The summed E-state index contributed by atoms with van der Waals surface area (Å²) in [5.41, 5.74) is 2.47. The lowest BCUT2D eigenvalue weighted by atomic mass is 10.1. The molecule has 0 atom stereocenters. The van der Waals surface area contributed by atoms with E-state index in [1.54, 1.807) is 11.0 Å². The number of benzene rings is 1. The second-order valence-electron chi connectivity index (χ2n) is 8.06. The number of anilines is 1. The minimum atomic E-state index is -0.0749. The summed E-state index contributed by atoms with van der Waals surface area (Å²) in [7, 11) is 0. The number of para-hydroxylation sites is 1. The Labute approximate surface area is 193 Å². The van der Waals surface area contributed by atoms with Crippen LogP contribution in [0.1, 0.15) is 51.5 Å². The van der Waals surface area contributed by atoms with E-state index in [9.17, 15) is 9.59 Å². The van der Waals surface area contributed by atoms with E-state index in [1.807, 2.05) is 29.7 Å². The van der Waals surface area contributed by atoms with E-state index in [4.69, 9.17) is 12.2 Å². The third-order valence-electron chi connectivity index (χ3n) is 6.05. The largest absolute Gasteiger partial charge is 0.370 e. The molecule has 0 unspecified atom stereocenters. The van der Waals surface area contributed by atoms with Crippen LogP contribution in [0.5, 0.6) is 0 Å². The van der Waals surface area contributed by atoms with Crippen molar-refractivity contribution in [3.05, 3.63) is 45.1 Å². The lowest BCUT2D eigenvalue weighted by Crippen LogP contribution is -2.30. The van der Waals surface area contributed by atoms with Crippen LogP contribution in [0.3, 0.4) is 0 Å². The van der Waals surface area contributed by atoms with Crippen molar-refractivity contribution in [1.29, 1.82) is 0 Å². The first-order valence-corrected chi connectivity index (χ1v) is 12.4. The molecule has 1 amide bonds. The molecule has 4 rings (SSSR count). The SMILES string of the molecule is CCCCCN1C(=O)C(=Cc2c(N3CCCC3)c3ccccc3n(CC)c2=O)SC1=S. The van der Waals surface area contributed by atoms with Crippen LogP contribution in [0.2, 0.25) is 0 Å². The number of amides is 1. The maximum atomic E-state index is 13.6. The maximum absolute atomic E-state index is 13.6. The molecule has 0 radical (unpaired) electrons. The molecular formula is C24H29N3O2S2. The van der Waals surface area contributed by atoms with Crippen LogP contribution < -0.4 is 10.5 Å². The summed E-state index contributed by atoms with van der Waals surface area (Å²) in [6.07, 6.45) is 7.13. The van der Waals surface area contributed by atoms with E-state index in [2.05, 4.69) is 17.9 Å². The maximum Gasteiger partial charge on any atom is 0.266 e. The van der Waals surface area contributed by atoms with Gasteiger partial charge in [0, 0.05) is 31.6 Å². The van der Waals surface area contributed by atoms with E-state index in [0.717, 1.165) is 61.8 Å². The van der Waals surface area contributed by atoms with Crippen molar-refractivity contribution < 1.29 is 4.79 Å². The summed E-state index contributed by atoms with van der Waals surface area (Å²) in [6, 6.07) is 8.09. The van der Waals surface area contributed by atoms with Gasteiger partial charge in [0.15, 0.2) is 0 Å². The minimum absolute atomic E-state index is 0.0423. The number of fused-ring (bicyclic) bond motifs is 1. The third kappa shape index (κ3) is 4.17. The van der Waals surface area contributed by atoms with Gasteiger partial charge < -0.3 is 9.47 Å². The Morgan fingerprint density at radius 1 is 1.10 bits per heavy atom. The number of unbranched alkanes of at least 4 members (excludes halogenated alkanes) is 2. The first kappa shape index (κ1) is 22.1. The molecule has 0 spiro atoms. The fourth-order valence-electron chi connectivity index (χ4n) is 4.48. The van der Waals surface area contributed by atoms with Crippen LogP contribution in [-0.4, -0.2) is 39.3 Å². The first-order chi connectivity index (χ1) is 15.1. The Bertz CT molecular complexity index is 1100. The van der Waals surface area contributed by atoms with Crippen molar-refractivity contribution in [2.24, 2.45) is 0 Å². The number of carbonyl (C=O) groups excluding carboxylic acids is 1. The molecule has 0 bridgehead atoms. The number of aryl methyl sites for hydroxylation is 1. The minimum Gasteiger partial charge on any atom is -0.370 e. The van der Waals surface area contributed by atoms with Crippen LogP contribution >= 0.6 is 24.0 Å². The summed E-state index contributed by atoms with van der Waals surface area (Å²) in [6.45, 7) is 7.21. The van der Waals surface area contributed by atoms with Crippen LogP contribution in [-0.2, 0) is 11.3 Å². The molecule has 164 valence electrons. The normalized spacial score (nSPS) is 18.2. The van der Waals surface area contributed by atoms with Gasteiger partial charge in [0.1, 0.15) is 4.32 Å². The summed E-state index contributed by atoms with van der Waals surface area (Å²) >= 11 is 6.81. The second-order valence-corrected chi connectivity index (χ2v) is 9.74. The number of aromatic nitrogens is 1. The van der Waals surface area contributed by atoms with Gasteiger partial charge in [-0.1, -0.05) is 61.9 Å². The topological polar surface area (TPSA) is 45.6 Å². The highest BCUT2D eigenvalue weighted by molar-refractivity contribution is 8.26. The fourth-order valence-corrected chi connectivity index (χ4v) is 5.77. The molecular weight excluding hydrogens is 426 g/mol. The van der Waals surface area contributed by atoms with Gasteiger partial charge in [-0.3, -0.25) is 14.5 Å². The predicted molar refractivity (Wildman–Crippen MR) is 135 cm³/mol. The molecule has 0 aliphatic carbocycles. The Morgan fingerprint density at radius 2 is 1.84 bits per heavy atom. The van der Waals surface area contributed by atoms with Crippen molar-refractivity contribution in [3.63, 3.8) is 0 Å². The van der Waals surface area contributed by atoms with Crippen molar-refractivity contribution in [1.82, 2.24) is 9.47 Å². The van der Waals surface area contributed by atoms with Gasteiger partial charge in [0.05, 0.1) is 21.7 Å². The van der Waals surface area contributed by atoms with E-state index in [-0.39, 0.29) is 11.5 Å². The van der Waals surface area contributed by atoms with Gasteiger partial charge in [-0.05, 0) is 38.3 Å². The molecule has 31 heavy (non-hydrogen) atoms. The summed E-state index contributed by atoms with van der Waals surface area (Å²) in [4.78, 5) is 31.2. The summed E-state index contributed by atoms with van der Waals surface area (Å²) in [5.74, 6) is -0.0749. The highest BCUT2D eigenvalue weighted by atomic mass is 32.2. The molecule has 2 aliphatic rings. The van der Waals surface area contributed by atoms with Crippen LogP contribution in [0, 0.1) is 0 Å². The highest BCUT2D eigenvalue weighted by Crippen LogP contribution is 2.37. The molecule has 0 saturated carbocycles. The van der Waals surface area contributed by atoms with E-state index < -0.39 is 0 Å². The summed E-state index contributed by atoms with van der Waals surface area (Å²) in [5, 5.41) is 1.07. The zero-order valence-electron chi connectivity index (χ0n) is 18.2. The van der Waals surface area contributed by atoms with Gasteiger partial charge in [0.2, 0.25) is 0 Å². The van der Waals surface area contributed by atoms with Crippen molar-refractivity contribution >= 4 is 56.9 Å². The lowest BCUT2D eigenvalue weighted by molar-refractivity contribution is -0.122. The lowest BCUT2D eigenvalue weighted by Gasteiger charge is -2.24. The predicted octanol–water partition coefficient (Wildman–Crippen LogP) is 5.01. The standard InChI is InChI=1S/C24H29N3O2S2/c1-3-5-8-15-27-23(29)20(31-24(27)30)16-18-21(25-13-9-10-14-25)17-11-6-7-12-19(17)26(4-2)22(18)28/h6-7,11-12,16H,3-5,8-10,13-15H2,1-2H3. The van der Waals surface area contributed by atoms with Gasteiger partial charge in [-0.25, -0.2) is 0 Å². The van der Waals surface area contributed by atoms with Crippen LogP contribution in [0.15, 0.2) is 34.0 Å². The third-order valence-corrected chi connectivity index (χ3v) is 7.43. The van der Waals surface area contributed by atoms with Gasteiger partial charge in [0.25, 0.3) is 11.5 Å². The molecule has 2 aromatic rings. The number of hydrogen-bond donors (Lipinski definition) is 0. The Morgan fingerprint density at radius 3 is 2.55 bits per heavy atom. The Hall–Kier alpha value is -2.12. The number of nitrogens with zero attached hydrogens (tertiary/aromatic N) is 3. The number of thioether (sulfide) groups is 1. The van der Waals surface area contributed by atoms with Gasteiger partial charge in [-0.15, -0.1) is 0 Å². The monoisotopic (exact) mass is 455 g/mol. The Balaban J connectivity index is 1.84. The zero-order valence-corrected chi connectivity index (χ0v) is 19.9. The molecule has 1 aromatic carbocycles. The van der Waals surface area contributed by atoms with E-state index in [1.165, 1.54) is 11.8 Å². The smallest absolute Gasteiger partial charge is 0.266 e. The number of thiocarbonyl (C=S) groups is 1. The molecule has 0 N–H and O–H groups in total. The Kier molecular flexibility index (Phi) is 6.82. The van der Waals surface area contributed by atoms with Crippen molar-refractivity contribution in [2.45, 2.75) is 52.5 Å². The van der Waals surface area contributed by atoms with Crippen LogP contribution in [0.4, 0.5) is 5.69 Å². The highest BCUT2D eigenvalue weighted by Gasteiger charge is 2.32. The molecule has 1 aromatic heterocycles. The number of rotatable bonds is 7. The zero-order chi connectivity index (χ0) is 22.0. The average molecular weight is 456 g/mol. The number of carbonyl (C=O) groups is 1. The quantitative estimate of drug-likeness (QED) is 0.334. The number of hydrogen-bond acceptors (Lipinski definition) is 5. The fraction of sp³-hybridized carbons (Fsp3) is 0.458. The van der Waals surface area contributed by atoms with Crippen LogP contribution in [0.25, 0.3) is 17.0 Å². The van der Waals surface area contributed by atoms with Gasteiger partial charge >= 0.3 is 0 Å². The van der Waals surface area contributed by atoms with E-state index in [0.29, 0.717) is 27.9 Å². The second kappa shape index (κ2) is 9.57.